The lowest BCUT2D eigenvalue weighted by atomic mass is 9.74. The molecule has 0 aliphatic carbocycles. The molecule has 6 rings (SSSR count). The minimum atomic E-state index is -1.32. The summed E-state index contributed by atoms with van der Waals surface area (Å²) in [5, 5.41) is 9.67. The smallest absolute Gasteiger partial charge is 0.253 e. The summed E-state index contributed by atoms with van der Waals surface area (Å²) in [5.41, 5.74) is 1.36. The molecule has 1 spiro atoms. The zero-order chi connectivity index (χ0) is 28.9. The van der Waals surface area contributed by atoms with Crippen molar-refractivity contribution in [1.82, 2.24) is 9.80 Å². The van der Waals surface area contributed by atoms with Gasteiger partial charge in [0.25, 0.3) is 5.91 Å². The molecule has 5 atom stereocenters. The summed E-state index contributed by atoms with van der Waals surface area (Å²) in [6.07, 6.45) is 7.94. The number of nitrogens with zero attached hydrogens (tertiary/aromatic N) is 3. The van der Waals surface area contributed by atoms with Gasteiger partial charge in [0.15, 0.2) is 0 Å². The quantitative estimate of drug-likeness (QED) is 0.553. The second-order valence-electron chi connectivity index (χ2n) is 11.8. The number of aryl methyl sites for hydroxylation is 2. The van der Waals surface area contributed by atoms with E-state index in [1.54, 1.807) is 14.7 Å². The second kappa shape index (κ2) is 10.3. The normalized spacial score (nSPS) is 30.8. The fraction of sp³-hybridized carbons (Fsp3) is 0.424. The van der Waals surface area contributed by atoms with Crippen molar-refractivity contribution in [3.05, 3.63) is 89.5 Å². The summed E-state index contributed by atoms with van der Waals surface area (Å²) < 4.78 is 6.90. The van der Waals surface area contributed by atoms with Gasteiger partial charge in [0.1, 0.15) is 11.6 Å². The van der Waals surface area contributed by atoms with Gasteiger partial charge in [-0.15, -0.1) is 0 Å². The van der Waals surface area contributed by atoms with Crippen LogP contribution >= 0.6 is 0 Å². The number of para-hydroxylation sites is 1. The van der Waals surface area contributed by atoms with Crippen molar-refractivity contribution in [2.45, 2.75) is 51.0 Å². The summed E-state index contributed by atoms with van der Waals surface area (Å²) >= 11 is 0. The number of fused-ring (bicyclic) bond motifs is 2. The van der Waals surface area contributed by atoms with Crippen LogP contribution in [0.5, 0.6) is 0 Å². The highest BCUT2D eigenvalue weighted by atomic mass is 16.5. The van der Waals surface area contributed by atoms with Gasteiger partial charge in [-0.05, 0) is 43.9 Å². The van der Waals surface area contributed by atoms with Crippen LogP contribution in [0.25, 0.3) is 0 Å². The van der Waals surface area contributed by atoms with Gasteiger partial charge in [-0.2, -0.15) is 0 Å². The summed E-state index contributed by atoms with van der Waals surface area (Å²) in [6, 6.07) is 14.7. The van der Waals surface area contributed by atoms with E-state index < -0.39 is 29.1 Å². The lowest BCUT2D eigenvalue weighted by Gasteiger charge is -2.38. The third kappa shape index (κ3) is 4.23. The van der Waals surface area contributed by atoms with Crippen molar-refractivity contribution in [3.8, 4) is 0 Å². The Kier molecular flexibility index (Phi) is 6.86. The van der Waals surface area contributed by atoms with Crippen LogP contribution in [0.4, 0.5) is 5.69 Å². The maximum atomic E-state index is 14.6. The van der Waals surface area contributed by atoms with E-state index in [0.717, 1.165) is 22.4 Å². The van der Waals surface area contributed by atoms with Crippen molar-refractivity contribution in [3.63, 3.8) is 0 Å². The monoisotopic (exact) mass is 555 g/mol. The van der Waals surface area contributed by atoms with Crippen molar-refractivity contribution in [1.29, 1.82) is 0 Å². The minimum absolute atomic E-state index is 0.118. The van der Waals surface area contributed by atoms with Crippen molar-refractivity contribution < 1.29 is 24.2 Å². The third-order valence-electron chi connectivity index (χ3n) is 9.12. The Morgan fingerprint density at radius 1 is 0.878 bits per heavy atom. The number of likely N-dealkylation sites (tertiary alicyclic amines) is 1. The molecule has 0 saturated carbocycles. The molecule has 214 valence electrons. The molecule has 8 heteroatoms. The average molecular weight is 556 g/mol. The summed E-state index contributed by atoms with van der Waals surface area (Å²) in [7, 11) is 0. The number of hydrogen-bond donors (Lipinski definition) is 1. The fourth-order valence-electron chi connectivity index (χ4n) is 7.43. The Balaban J connectivity index is 1.44. The van der Waals surface area contributed by atoms with Crippen molar-refractivity contribution >= 4 is 23.4 Å². The second-order valence-corrected chi connectivity index (χ2v) is 11.8. The number of anilines is 1. The Morgan fingerprint density at radius 2 is 1.59 bits per heavy atom. The predicted octanol–water partition coefficient (Wildman–Crippen LogP) is 3.16. The molecular weight excluding hydrogens is 518 g/mol. The van der Waals surface area contributed by atoms with E-state index in [9.17, 15) is 19.5 Å². The van der Waals surface area contributed by atoms with E-state index in [-0.39, 0.29) is 30.9 Å². The molecule has 2 fully saturated rings. The molecule has 41 heavy (non-hydrogen) atoms. The Labute approximate surface area is 240 Å². The number of amides is 3. The predicted molar refractivity (Wildman–Crippen MR) is 155 cm³/mol. The molecule has 1 unspecified atom stereocenters. The van der Waals surface area contributed by atoms with Gasteiger partial charge in [-0.25, -0.2) is 0 Å². The van der Waals surface area contributed by atoms with Gasteiger partial charge in [-0.1, -0.05) is 72.8 Å². The molecule has 4 aliphatic heterocycles. The highest BCUT2D eigenvalue weighted by Gasteiger charge is 2.74. The topological polar surface area (TPSA) is 90.4 Å². The standard InChI is InChI=1S/C33H37N3O5/c1-22-11-7-12-23(2)27(22)35-18-9-16-33-26(30(39)36(19-10-20-37)28(33)31(35)40)25-29(38)34(17-8-15-32(25,3)41-33)21-24-13-5-4-6-14-24/h4-9,11-16,25-26,28,37H,10,17-21H2,1-3H3/t25-,26+,28?,32+,33+/m1/s1. The number of hydrogen-bond acceptors (Lipinski definition) is 5. The molecule has 0 bridgehead atoms. The zero-order valence-electron chi connectivity index (χ0n) is 23.8. The highest BCUT2D eigenvalue weighted by Crippen LogP contribution is 2.57. The lowest BCUT2D eigenvalue weighted by molar-refractivity contribution is -0.149. The zero-order valence-corrected chi connectivity index (χ0v) is 23.8. The number of benzene rings is 2. The van der Waals surface area contributed by atoms with E-state index in [1.807, 2.05) is 93.6 Å². The molecule has 4 heterocycles. The van der Waals surface area contributed by atoms with Crippen molar-refractivity contribution in [2.75, 3.05) is 31.1 Å². The first-order chi connectivity index (χ1) is 19.7. The van der Waals surface area contributed by atoms with Crippen LogP contribution in [0.1, 0.15) is 30.0 Å². The molecule has 0 radical (unpaired) electrons. The first-order valence-electron chi connectivity index (χ1n) is 14.4. The van der Waals surface area contributed by atoms with Gasteiger partial charge in [0.05, 0.1) is 17.4 Å². The molecule has 1 N–H and O–H groups in total. The van der Waals surface area contributed by atoms with Crippen LogP contribution in [0.3, 0.4) is 0 Å². The molecule has 8 nitrogen and oxygen atoms in total. The molecule has 2 aromatic carbocycles. The Hall–Kier alpha value is -3.75. The number of aliphatic hydroxyl groups is 1. The highest BCUT2D eigenvalue weighted by molar-refractivity contribution is 6.06. The average Bonchev–Trinajstić information content (AvgIpc) is 3.22. The number of carbonyl (C=O) groups is 3. The van der Waals surface area contributed by atoms with Gasteiger partial charge in [0.2, 0.25) is 11.8 Å². The van der Waals surface area contributed by atoms with E-state index in [2.05, 4.69) is 0 Å². The van der Waals surface area contributed by atoms with Crippen LogP contribution in [0, 0.1) is 25.7 Å². The molecule has 2 aromatic rings. The first-order valence-corrected chi connectivity index (χ1v) is 14.4. The van der Waals surface area contributed by atoms with Crippen LogP contribution in [-0.2, 0) is 25.7 Å². The van der Waals surface area contributed by atoms with Crippen LogP contribution in [0.2, 0.25) is 0 Å². The van der Waals surface area contributed by atoms with Gasteiger partial charge >= 0.3 is 0 Å². The lowest BCUT2D eigenvalue weighted by Crippen LogP contribution is -2.56. The third-order valence-corrected chi connectivity index (χ3v) is 9.12. The Morgan fingerprint density at radius 3 is 2.29 bits per heavy atom. The summed E-state index contributed by atoms with van der Waals surface area (Å²) in [4.78, 5) is 48.4. The van der Waals surface area contributed by atoms with E-state index in [1.165, 1.54) is 0 Å². The molecule has 4 aliphatic rings. The Bertz CT molecular complexity index is 1420. The summed E-state index contributed by atoms with van der Waals surface area (Å²) in [6.45, 7) is 7.04. The molecule has 2 saturated heterocycles. The SMILES string of the molecule is Cc1cccc(C)c1N1CC=C[C@]23O[C@@]4(C)C=CCN(Cc5ccccc5)C(=O)[C@H]4[C@H]2C(=O)N(CCCO)C3C1=O. The summed E-state index contributed by atoms with van der Waals surface area (Å²) in [5.74, 6) is -2.34. The molecular formula is C33H37N3O5. The minimum Gasteiger partial charge on any atom is -0.396 e. The largest absolute Gasteiger partial charge is 0.396 e. The first kappa shape index (κ1) is 27.4. The van der Waals surface area contributed by atoms with Gasteiger partial charge < -0.3 is 24.5 Å². The van der Waals surface area contributed by atoms with Gasteiger partial charge in [-0.3, -0.25) is 14.4 Å². The molecule has 0 aromatic heterocycles. The van der Waals surface area contributed by atoms with Crippen LogP contribution < -0.4 is 4.90 Å². The van der Waals surface area contributed by atoms with Gasteiger partial charge in [0, 0.05) is 38.5 Å². The van der Waals surface area contributed by atoms with Crippen LogP contribution in [-0.4, -0.2) is 76.1 Å². The number of aliphatic hydroxyl groups excluding tert-OH is 1. The van der Waals surface area contributed by atoms with E-state index >= 15 is 0 Å². The van der Waals surface area contributed by atoms with E-state index in [4.69, 9.17) is 4.74 Å². The number of carbonyl (C=O) groups excluding carboxylic acids is 3. The molecule has 3 amide bonds. The van der Waals surface area contributed by atoms with Crippen LogP contribution in [0.15, 0.2) is 72.8 Å². The fourth-order valence-corrected chi connectivity index (χ4v) is 7.43. The maximum absolute atomic E-state index is 14.6. The number of ether oxygens (including phenoxy) is 1. The maximum Gasteiger partial charge on any atom is 0.253 e. The van der Waals surface area contributed by atoms with E-state index in [0.29, 0.717) is 26.1 Å². The number of rotatable bonds is 6. The van der Waals surface area contributed by atoms with Crippen molar-refractivity contribution in [2.24, 2.45) is 11.8 Å².